The number of hydrogen-bond acceptors (Lipinski definition) is 3. The van der Waals surface area contributed by atoms with Gasteiger partial charge in [0.05, 0.1) is 17.3 Å². The van der Waals surface area contributed by atoms with Gasteiger partial charge in [0.15, 0.2) is 0 Å². The zero-order valence-electron chi connectivity index (χ0n) is 8.48. The zero-order chi connectivity index (χ0) is 11.7. The average molecular weight is 239 g/mol. The lowest BCUT2D eigenvalue weighted by Gasteiger charge is -2.07. The lowest BCUT2D eigenvalue weighted by molar-refractivity contribution is 0.274. The molecule has 84 valence electrons. The van der Waals surface area contributed by atoms with E-state index in [4.69, 9.17) is 22.4 Å². The second-order valence-electron chi connectivity index (χ2n) is 3.46. The second-order valence-corrected chi connectivity index (χ2v) is 3.87. The lowest BCUT2D eigenvalue weighted by Crippen LogP contribution is -2.21. The Morgan fingerprint density at radius 1 is 1.31 bits per heavy atom. The van der Waals surface area contributed by atoms with Crippen LogP contribution in [0.1, 0.15) is 0 Å². The second kappa shape index (κ2) is 4.15. The van der Waals surface area contributed by atoms with Gasteiger partial charge in [-0.2, -0.15) is 0 Å². The number of rotatable bonds is 2. The normalized spacial score (nSPS) is 10.9. The molecule has 0 saturated carbocycles. The molecular weight excluding hydrogens is 228 g/mol. The highest BCUT2D eigenvalue weighted by atomic mass is 35.5. The number of aromatic nitrogens is 1. The monoisotopic (exact) mass is 238 g/mol. The van der Waals surface area contributed by atoms with Crippen LogP contribution in [0.15, 0.2) is 29.2 Å². The Morgan fingerprint density at radius 3 is 2.75 bits per heavy atom. The molecule has 2 aromatic rings. The van der Waals surface area contributed by atoms with Crippen LogP contribution in [0.5, 0.6) is 0 Å². The minimum atomic E-state index is -0.171. The van der Waals surface area contributed by atoms with Crippen LogP contribution in [-0.2, 0) is 6.54 Å². The van der Waals surface area contributed by atoms with Crippen LogP contribution in [0.25, 0.3) is 10.8 Å². The molecular formula is C11H11ClN2O2. The van der Waals surface area contributed by atoms with Gasteiger partial charge in [-0.3, -0.25) is 4.79 Å². The van der Waals surface area contributed by atoms with Gasteiger partial charge in [0.2, 0.25) is 0 Å². The van der Waals surface area contributed by atoms with Gasteiger partial charge in [0, 0.05) is 23.5 Å². The molecule has 0 radical (unpaired) electrons. The summed E-state index contributed by atoms with van der Waals surface area (Å²) in [5.41, 5.74) is 6.02. The minimum absolute atomic E-state index is 0.0749. The van der Waals surface area contributed by atoms with E-state index in [1.165, 1.54) is 4.57 Å². The zero-order valence-corrected chi connectivity index (χ0v) is 9.24. The van der Waals surface area contributed by atoms with E-state index in [0.29, 0.717) is 21.5 Å². The van der Waals surface area contributed by atoms with Crippen molar-refractivity contribution in [3.63, 3.8) is 0 Å². The van der Waals surface area contributed by atoms with E-state index in [-0.39, 0.29) is 18.7 Å². The molecule has 1 aromatic carbocycles. The third kappa shape index (κ3) is 1.66. The SMILES string of the molecule is Nc1c(Cl)ccc2c(=O)n(CCO)ccc12. The highest BCUT2D eigenvalue weighted by Crippen LogP contribution is 2.26. The molecule has 0 unspecified atom stereocenters. The molecule has 1 aromatic heterocycles. The predicted molar refractivity (Wildman–Crippen MR) is 64.7 cm³/mol. The molecule has 5 heteroatoms. The summed E-state index contributed by atoms with van der Waals surface area (Å²) >= 11 is 5.87. The number of aliphatic hydroxyl groups excluding tert-OH is 1. The van der Waals surface area contributed by atoms with Crippen LogP contribution >= 0.6 is 11.6 Å². The maximum absolute atomic E-state index is 11.9. The molecule has 4 nitrogen and oxygen atoms in total. The maximum Gasteiger partial charge on any atom is 0.258 e. The van der Waals surface area contributed by atoms with Crippen LogP contribution in [0.2, 0.25) is 5.02 Å². The molecule has 0 saturated heterocycles. The van der Waals surface area contributed by atoms with Crippen molar-refractivity contribution in [2.45, 2.75) is 6.54 Å². The van der Waals surface area contributed by atoms with Crippen molar-refractivity contribution in [2.24, 2.45) is 0 Å². The van der Waals surface area contributed by atoms with Gasteiger partial charge < -0.3 is 15.4 Å². The predicted octanol–water partition coefficient (Wildman–Crippen LogP) is 1.23. The smallest absolute Gasteiger partial charge is 0.258 e. The van der Waals surface area contributed by atoms with Crippen molar-refractivity contribution in [1.82, 2.24) is 4.57 Å². The highest BCUT2D eigenvalue weighted by Gasteiger charge is 2.07. The molecule has 0 aliphatic heterocycles. The first-order valence-electron chi connectivity index (χ1n) is 4.83. The molecule has 0 bridgehead atoms. The molecule has 0 atom stereocenters. The fourth-order valence-corrected chi connectivity index (χ4v) is 1.81. The number of nitrogens with two attached hydrogens (primary N) is 1. The summed E-state index contributed by atoms with van der Waals surface area (Å²) in [7, 11) is 0. The number of hydrogen-bond donors (Lipinski definition) is 2. The van der Waals surface area contributed by atoms with Gasteiger partial charge in [0.25, 0.3) is 5.56 Å². The number of nitrogen functional groups attached to an aromatic ring is 1. The number of anilines is 1. The Balaban J connectivity index is 2.77. The Kier molecular flexibility index (Phi) is 2.85. The topological polar surface area (TPSA) is 68.2 Å². The Hall–Kier alpha value is -1.52. The summed E-state index contributed by atoms with van der Waals surface area (Å²) in [6.07, 6.45) is 1.60. The minimum Gasteiger partial charge on any atom is -0.397 e. The van der Waals surface area contributed by atoms with E-state index >= 15 is 0 Å². The van der Waals surface area contributed by atoms with Gasteiger partial charge in [-0.15, -0.1) is 0 Å². The first kappa shape index (κ1) is 11.0. The number of aliphatic hydroxyl groups is 1. The summed E-state index contributed by atoms with van der Waals surface area (Å²) < 4.78 is 1.44. The summed E-state index contributed by atoms with van der Waals surface area (Å²) in [5, 5.41) is 10.4. The molecule has 3 N–H and O–H groups in total. The van der Waals surface area contributed by atoms with E-state index in [2.05, 4.69) is 0 Å². The molecule has 1 heterocycles. The number of fused-ring (bicyclic) bond motifs is 1. The van der Waals surface area contributed by atoms with Crippen LogP contribution in [0, 0.1) is 0 Å². The molecule has 0 aliphatic rings. The van der Waals surface area contributed by atoms with Crippen LogP contribution in [0.4, 0.5) is 5.69 Å². The van der Waals surface area contributed by atoms with Gasteiger partial charge in [0.1, 0.15) is 0 Å². The standard InChI is InChI=1S/C11H11ClN2O2/c12-9-2-1-8-7(10(9)13)3-4-14(5-6-15)11(8)16/h1-4,15H,5-6,13H2. The van der Waals surface area contributed by atoms with Crippen molar-refractivity contribution in [1.29, 1.82) is 0 Å². The molecule has 2 rings (SSSR count). The molecule has 0 spiro atoms. The van der Waals surface area contributed by atoms with Gasteiger partial charge in [-0.1, -0.05) is 11.6 Å². The van der Waals surface area contributed by atoms with Crippen LogP contribution < -0.4 is 11.3 Å². The average Bonchev–Trinajstić information content (AvgIpc) is 2.28. The fraction of sp³-hybridized carbons (Fsp3) is 0.182. The van der Waals surface area contributed by atoms with Crippen molar-refractivity contribution >= 4 is 28.1 Å². The summed E-state index contributed by atoms with van der Waals surface area (Å²) in [6.45, 7) is 0.200. The quantitative estimate of drug-likeness (QED) is 0.774. The summed E-state index contributed by atoms with van der Waals surface area (Å²) in [5.74, 6) is 0. The molecule has 0 fully saturated rings. The van der Waals surface area contributed by atoms with Crippen molar-refractivity contribution < 1.29 is 5.11 Å². The number of benzene rings is 1. The first-order valence-corrected chi connectivity index (χ1v) is 5.21. The number of nitrogens with zero attached hydrogens (tertiary/aromatic N) is 1. The molecule has 0 amide bonds. The number of pyridine rings is 1. The number of halogens is 1. The van der Waals surface area contributed by atoms with Gasteiger partial charge >= 0.3 is 0 Å². The van der Waals surface area contributed by atoms with E-state index < -0.39 is 0 Å². The fourth-order valence-electron chi connectivity index (χ4n) is 1.65. The van der Waals surface area contributed by atoms with E-state index in [9.17, 15) is 4.79 Å². The maximum atomic E-state index is 11.9. The van der Waals surface area contributed by atoms with Crippen molar-refractivity contribution in [2.75, 3.05) is 12.3 Å². The molecule has 0 aliphatic carbocycles. The lowest BCUT2D eigenvalue weighted by atomic mass is 10.1. The van der Waals surface area contributed by atoms with Gasteiger partial charge in [-0.05, 0) is 18.2 Å². The van der Waals surface area contributed by atoms with E-state index in [1.54, 1.807) is 24.4 Å². The van der Waals surface area contributed by atoms with Crippen molar-refractivity contribution in [3.05, 3.63) is 39.8 Å². The first-order chi connectivity index (χ1) is 7.65. The van der Waals surface area contributed by atoms with Crippen LogP contribution in [0.3, 0.4) is 0 Å². The summed E-state index contributed by atoms with van der Waals surface area (Å²) in [4.78, 5) is 11.9. The van der Waals surface area contributed by atoms with Crippen LogP contribution in [-0.4, -0.2) is 16.3 Å². The third-order valence-electron chi connectivity index (χ3n) is 2.49. The Labute approximate surface area is 96.9 Å². The van der Waals surface area contributed by atoms with Crippen molar-refractivity contribution in [3.8, 4) is 0 Å². The van der Waals surface area contributed by atoms with E-state index in [0.717, 1.165) is 0 Å². The summed E-state index contributed by atoms with van der Waals surface area (Å²) in [6, 6.07) is 4.97. The molecule has 16 heavy (non-hydrogen) atoms. The van der Waals surface area contributed by atoms with Gasteiger partial charge in [-0.25, -0.2) is 0 Å². The largest absolute Gasteiger partial charge is 0.397 e. The Bertz CT molecular complexity index is 592. The van der Waals surface area contributed by atoms with E-state index in [1.807, 2.05) is 0 Å². The highest BCUT2D eigenvalue weighted by molar-refractivity contribution is 6.34. The Morgan fingerprint density at radius 2 is 2.06 bits per heavy atom. The third-order valence-corrected chi connectivity index (χ3v) is 2.82.